The highest BCUT2D eigenvalue weighted by molar-refractivity contribution is 5.99. The lowest BCUT2D eigenvalue weighted by molar-refractivity contribution is -0.140. The Morgan fingerprint density at radius 3 is 2.61 bits per heavy atom. The maximum Gasteiger partial charge on any atom is 0.419 e. The molecular weight excluding hydrogens is 478 g/mol. The predicted molar refractivity (Wildman–Crippen MR) is 125 cm³/mol. The van der Waals surface area contributed by atoms with Crippen LogP contribution in [0.2, 0.25) is 0 Å². The van der Waals surface area contributed by atoms with Crippen molar-refractivity contribution in [3.8, 4) is 11.3 Å². The number of nitrogens with zero attached hydrogens (tertiary/aromatic N) is 6. The van der Waals surface area contributed by atoms with Gasteiger partial charge in [0.15, 0.2) is 5.65 Å². The first-order chi connectivity index (χ1) is 17.0. The van der Waals surface area contributed by atoms with E-state index in [4.69, 9.17) is 0 Å². The number of alkyl halides is 3. The molecule has 0 aliphatic heterocycles. The molecule has 0 amide bonds. The molecule has 0 radical (unpaired) electrons. The van der Waals surface area contributed by atoms with Gasteiger partial charge in [0.1, 0.15) is 29.3 Å². The number of hydrogen-bond acceptors (Lipinski definition) is 6. The molecule has 1 atom stereocenters. The molecule has 1 aromatic carbocycles. The lowest BCUT2D eigenvalue weighted by Crippen LogP contribution is -2.15. The Kier molecular flexibility index (Phi) is 5.46. The van der Waals surface area contributed by atoms with Gasteiger partial charge in [-0.2, -0.15) is 13.2 Å². The van der Waals surface area contributed by atoms with Gasteiger partial charge in [0.05, 0.1) is 17.3 Å². The lowest BCUT2D eigenvalue weighted by atomic mass is 10.0. The smallest absolute Gasteiger partial charge is 0.363 e. The molecule has 0 saturated heterocycles. The average molecular weight is 497 g/mol. The van der Waals surface area contributed by atoms with Crippen LogP contribution in [-0.4, -0.2) is 29.1 Å². The molecule has 5 aromatic rings. The highest BCUT2D eigenvalue weighted by atomic mass is 19.4. The molecule has 0 aliphatic carbocycles. The van der Waals surface area contributed by atoms with Crippen LogP contribution in [-0.2, 0) is 13.2 Å². The van der Waals surface area contributed by atoms with Crippen molar-refractivity contribution in [2.45, 2.75) is 26.1 Å². The molecule has 1 N–H and O–H groups in total. The van der Waals surface area contributed by atoms with Gasteiger partial charge >= 0.3 is 6.18 Å². The normalized spacial score (nSPS) is 12.9. The quantitative estimate of drug-likeness (QED) is 0.363. The van der Waals surface area contributed by atoms with Crippen molar-refractivity contribution in [1.29, 1.82) is 0 Å². The monoisotopic (exact) mass is 497 g/mol. The fourth-order valence-electron chi connectivity index (χ4n) is 4.09. The minimum absolute atomic E-state index is 0.162. The van der Waals surface area contributed by atoms with E-state index in [1.54, 1.807) is 43.6 Å². The van der Waals surface area contributed by atoms with E-state index in [0.717, 1.165) is 6.07 Å². The van der Waals surface area contributed by atoms with E-state index in [2.05, 4.69) is 25.5 Å². The van der Waals surface area contributed by atoms with Crippen LogP contribution in [0.5, 0.6) is 0 Å². The third kappa shape index (κ3) is 3.93. The van der Waals surface area contributed by atoms with E-state index in [1.165, 1.54) is 23.0 Å². The first-order valence-corrected chi connectivity index (χ1v) is 10.8. The molecule has 184 valence electrons. The van der Waals surface area contributed by atoms with Crippen LogP contribution in [0, 0.1) is 12.7 Å². The molecule has 0 fully saturated rings. The Morgan fingerprint density at radius 2 is 1.89 bits per heavy atom. The molecular formula is C24H19F4N7O. The van der Waals surface area contributed by atoms with E-state index in [9.17, 15) is 22.4 Å². The number of nitrogens with one attached hydrogen (secondary N) is 1. The van der Waals surface area contributed by atoms with Crippen molar-refractivity contribution in [2.24, 2.45) is 7.05 Å². The van der Waals surface area contributed by atoms with Crippen molar-refractivity contribution in [3.05, 3.63) is 82.0 Å². The Bertz CT molecular complexity index is 1690. The van der Waals surface area contributed by atoms with Crippen LogP contribution >= 0.6 is 0 Å². The van der Waals surface area contributed by atoms with E-state index >= 15 is 0 Å². The van der Waals surface area contributed by atoms with Crippen molar-refractivity contribution < 1.29 is 17.6 Å². The molecule has 8 nitrogen and oxygen atoms in total. The summed E-state index contributed by atoms with van der Waals surface area (Å²) in [6.45, 7) is 3.20. The Hall–Kier alpha value is -4.35. The maximum atomic E-state index is 14.8. The van der Waals surface area contributed by atoms with Gasteiger partial charge < -0.3 is 9.88 Å². The summed E-state index contributed by atoms with van der Waals surface area (Å²) in [6.07, 6.45) is -1.70. The molecule has 0 saturated carbocycles. The van der Waals surface area contributed by atoms with Crippen molar-refractivity contribution in [2.75, 3.05) is 5.32 Å². The standard InChI is InChI=1S/C24H19F4N7O/c1-12(15-5-4-6-17(20(15)25)24(26,27)28)30-22-16-10-18(14-7-8-34(3)19(36)9-14)35-11-29-33-23(35)21(16)31-13(2)32-22/h4-12H,1-3H3,(H,30,31,32). The van der Waals surface area contributed by atoms with Crippen LogP contribution < -0.4 is 10.9 Å². The van der Waals surface area contributed by atoms with Gasteiger partial charge in [0.25, 0.3) is 5.56 Å². The summed E-state index contributed by atoms with van der Waals surface area (Å²) < 4.78 is 57.6. The van der Waals surface area contributed by atoms with E-state index in [0.29, 0.717) is 39.7 Å². The number of rotatable bonds is 4. The number of aryl methyl sites for hydroxylation is 2. The zero-order chi connectivity index (χ0) is 25.8. The van der Waals surface area contributed by atoms with Crippen molar-refractivity contribution in [3.63, 3.8) is 0 Å². The van der Waals surface area contributed by atoms with Crippen molar-refractivity contribution >= 4 is 22.4 Å². The zero-order valence-corrected chi connectivity index (χ0v) is 19.3. The highest BCUT2D eigenvalue weighted by Crippen LogP contribution is 2.36. The summed E-state index contributed by atoms with van der Waals surface area (Å²) in [5.74, 6) is -0.703. The first kappa shape index (κ1) is 23.4. The second-order valence-corrected chi connectivity index (χ2v) is 8.37. The summed E-state index contributed by atoms with van der Waals surface area (Å²) in [4.78, 5) is 21.2. The van der Waals surface area contributed by atoms with E-state index in [1.807, 2.05) is 0 Å². The minimum Gasteiger partial charge on any atom is -0.363 e. The summed E-state index contributed by atoms with van der Waals surface area (Å²) in [5, 5.41) is 11.7. The number of anilines is 1. The first-order valence-electron chi connectivity index (χ1n) is 10.8. The molecule has 36 heavy (non-hydrogen) atoms. The van der Waals surface area contributed by atoms with Crippen LogP contribution in [0.1, 0.15) is 29.9 Å². The Morgan fingerprint density at radius 1 is 1.11 bits per heavy atom. The maximum absolute atomic E-state index is 14.8. The SMILES string of the molecule is Cc1nc(NC(C)c2cccc(C(F)(F)F)c2F)c2cc(-c3ccn(C)c(=O)c3)n3cnnc3c2n1. The Balaban J connectivity index is 1.68. The number of halogens is 4. The number of fused-ring (bicyclic) bond motifs is 3. The molecule has 0 aliphatic rings. The highest BCUT2D eigenvalue weighted by Gasteiger charge is 2.35. The third-order valence-electron chi connectivity index (χ3n) is 5.91. The van der Waals surface area contributed by atoms with Crippen LogP contribution in [0.3, 0.4) is 0 Å². The van der Waals surface area contributed by atoms with Crippen molar-refractivity contribution in [1.82, 2.24) is 29.1 Å². The molecule has 5 rings (SSSR count). The van der Waals surface area contributed by atoms with Gasteiger partial charge in [-0.05, 0) is 32.0 Å². The molecule has 12 heteroatoms. The molecule has 4 aromatic heterocycles. The zero-order valence-electron chi connectivity index (χ0n) is 19.3. The number of hydrogen-bond donors (Lipinski definition) is 1. The van der Waals surface area contributed by atoms with Crippen LogP contribution in [0.4, 0.5) is 23.4 Å². The average Bonchev–Trinajstić information content (AvgIpc) is 3.30. The number of pyridine rings is 2. The number of aromatic nitrogens is 6. The van der Waals surface area contributed by atoms with Crippen LogP contribution in [0.15, 0.2) is 53.7 Å². The number of benzene rings is 1. The summed E-state index contributed by atoms with van der Waals surface area (Å²) in [7, 11) is 1.63. The van der Waals surface area contributed by atoms with Gasteiger partial charge in [-0.15, -0.1) is 10.2 Å². The second-order valence-electron chi connectivity index (χ2n) is 8.37. The van der Waals surface area contributed by atoms with Gasteiger partial charge in [0, 0.05) is 35.8 Å². The summed E-state index contributed by atoms with van der Waals surface area (Å²) >= 11 is 0. The fourth-order valence-corrected chi connectivity index (χ4v) is 4.09. The predicted octanol–water partition coefficient (Wildman–Crippen LogP) is 4.68. The third-order valence-corrected chi connectivity index (χ3v) is 5.91. The largest absolute Gasteiger partial charge is 0.419 e. The topological polar surface area (TPSA) is 90.0 Å². The summed E-state index contributed by atoms with van der Waals surface area (Å²) in [5.41, 5.74) is 0.282. The molecule has 0 spiro atoms. The fraction of sp³-hybridized carbons (Fsp3) is 0.208. The van der Waals surface area contributed by atoms with Gasteiger partial charge in [-0.1, -0.05) is 12.1 Å². The lowest BCUT2D eigenvalue weighted by Gasteiger charge is -2.20. The molecule has 1 unspecified atom stereocenters. The van der Waals surface area contributed by atoms with Crippen LogP contribution in [0.25, 0.3) is 27.8 Å². The van der Waals surface area contributed by atoms with E-state index in [-0.39, 0.29) is 16.9 Å². The Labute approximate surface area is 201 Å². The molecule has 0 bridgehead atoms. The summed E-state index contributed by atoms with van der Waals surface area (Å²) in [6, 6.07) is 7.24. The van der Waals surface area contributed by atoms with Gasteiger partial charge in [0.2, 0.25) is 0 Å². The molecule has 4 heterocycles. The minimum atomic E-state index is -4.82. The van der Waals surface area contributed by atoms with E-state index < -0.39 is 23.6 Å². The van der Waals surface area contributed by atoms with Gasteiger partial charge in [-0.3, -0.25) is 9.20 Å². The second kappa shape index (κ2) is 8.40. The van der Waals surface area contributed by atoms with Gasteiger partial charge in [-0.25, -0.2) is 14.4 Å².